The number of aromatic nitrogens is 4. The number of hydrazine groups is 2. The summed E-state index contributed by atoms with van der Waals surface area (Å²) in [5.74, 6) is -4.40. The van der Waals surface area contributed by atoms with Crippen LogP contribution in [0.2, 0.25) is 0 Å². The lowest BCUT2D eigenvalue weighted by atomic mass is 9.92. The van der Waals surface area contributed by atoms with Crippen LogP contribution in [0.15, 0.2) is 0 Å². The average Bonchev–Trinajstić information content (AvgIpc) is 3.92. The molecule has 4 aliphatic rings. The minimum Gasteiger partial charge on any atom is -0.465 e. The zero-order chi connectivity index (χ0) is 43.0. The van der Waals surface area contributed by atoms with Gasteiger partial charge < -0.3 is 31.5 Å². The van der Waals surface area contributed by atoms with Gasteiger partial charge in [-0.3, -0.25) is 31.3 Å². The van der Waals surface area contributed by atoms with E-state index in [0.29, 0.717) is 24.7 Å². The summed E-state index contributed by atoms with van der Waals surface area (Å²) in [6.07, 6.45) is 12.6. The number of alkyl halides is 2. The monoisotopic (exact) mass is 852 g/mol. The van der Waals surface area contributed by atoms with Crippen LogP contribution >= 0.6 is 0 Å². The lowest BCUT2D eigenvalue weighted by Gasteiger charge is -2.27. The molecule has 22 heteroatoms. The summed E-state index contributed by atoms with van der Waals surface area (Å²) in [5, 5.41) is 28.1. The first-order valence-corrected chi connectivity index (χ1v) is 20.7. The second-order valence-electron chi connectivity index (χ2n) is 15.9. The average molecular weight is 853 g/mol. The molecule has 0 unspecified atom stereocenters. The third kappa shape index (κ3) is 13.8. The Labute approximate surface area is 345 Å². The summed E-state index contributed by atoms with van der Waals surface area (Å²) in [4.78, 5) is 62.2. The van der Waals surface area contributed by atoms with Crippen molar-refractivity contribution in [1.82, 2.24) is 41.4 Å². The highest BCUT2D eigenvalue weighted by Gasteiger charge is 2.29. The van der Waals surface area contributed by atoms with E-state index >= 15 is 0 Å². The summed E-state index contributed by atoms with van der Waals surface area (Å²) in [6.45, 7) is -2.05. The van der Waals surface area contributed by atoms with Gasteiger partial charge in [0.2, 0.25) is 23.4 Å². The van der Waals surface area contributed by atoms with Gasteiger partial charge in [-0.2, -0.15) is 8.78 Å². The van der Waals surface area contributed by atoms with Crippen molar-refractivity contribution in [3.05, 3.63) is 23.3 Å². The standard InChI is InChI=1S/2C19H28F2N6O3/c2*20-9-14-24-16(23-13-6-3-7-13)15(21)17(25-14)26-27-18(28)12(10-22-19(29)30)8-11-4-1-2-5-11/h2*11-13,22H,1-10H2,(H,27,28)(H,29,30)(H2,23,24,25,26)/t2*12-/m11/s1. The van der Waals surface area contributed by atoms with Crippen molar-refractivity contribution in [2.24, 2.45) is 23.7 Å². The molecule has 2 aromatic heterocycles. The molecule has 4 fully saturated rings. The van der Waals surface area contributed by atoms with E-state index in [-0.39, 0.29) is 60.1 Å². The van der Waals surface area contributed by atoms with E-state index in [0.717, 1.165) is 89.9 Å². The minimum absolute atomic E-state index is 0.0458. The number of anilines is 4. The van der Waals surface area contributed by atoms with Crippen LogP contribution in [0.5, 0.6) is 0 Å². The molecular weight excluding hydrogens is 796 g/mol. The number of nitrogens with zero attached hydrogens (tertiary/aromatic N) is 4. The number of hydrogen-bond donors (Lipinski definition) is 10. The van der Waals surface area contributed by atoms with Crippen molar-refractivity contribution < 1.29 is 47.0 Å². The van der Waals surface area contributed by atoms with Crippen LogP contribution in [-0.2, 0) is 22.9 Å². The number of halogens is 4. The van der Waals surface area contributed by atoms with Crippen LogP contribution in [0.4, 0.5) is 50.4 Å². The Morgan fingerprint density at radius 1 is 0.550 bits per heavy atom. The van der Waals surface area contributed by atoms with E-state index in [1.807, 2.05) is 0 Å². The van der Waals surface area contributed by atoms with Gasteiger partial charge in [0.1, 0.15) is 13.3 Å². The second kappa shape index (κ2) is 22.8. The number of carbonyl (C=O) groups is 4. The Bertz CT molecular complexity index is 1640. The minimum atomic E-state index is -1.21. The molecule has 0 aromatic carbocycles. The predicted molar refractivity (Wildman–Crippen MR) is 212 cm³/mol. The van der Waals surface area contributed by atoms with E-state index < -0.39 is 60.8 Å². The normalized spacial score (nSPS) is 17.8. The third-order valence-corrected chi connectivity index (χ3v) is 11.5. The maximum atomic E-state index is 14.7. The van der Waals surface area contributed by atoms with E-state index in [9.17, 15) is 36.7 Å². The molecule has 0 radical (unpaired) electrons. The number of carboxylic acid groups (broad SMARTS) is 2. The first kappa shape index (κ1) is 45.6. The summed E-state index contributed by atoms with van der Waals surface area (Å²) in [5.41, 5.74) is 9.64. The first-order chi connectivity index (χ1) is 28.9. The summed E-state index contributed by atoms with van der Waals surface area (Å²) >= 11 is 0. The van der Waals surface area contributed by atoms with Crippen molar-refractivity contribution in [2.45, 2.75) is 128 Å². The van der Waals surface area contributed by atoms with Gasteiger partial charge >= 0.3 is 12.2 Å². The lowest BCUT2D eigenvalue weighted by Crippen LogP contribution is -2.42. The number of nitrogens with one attached hydrogen (secondary N) is 8. The zero-order valence-corrected chi connectivity index (χ0v) is 33.4. The van der Waals surface area contributed by atoms with Crippen molar-refractivity contribution in [1.29, 1.82) is 0 Å². The highest BCUT2D eigenvalue weighted by molar-refractivity contribution is 5.81. The van der Waals surface area contributed by atoms with Gasteiger partial charge in [-0.15, -0.1) is 0 Å². The third-order valence-electron chi connectivity index (χ3n) is 11.5. The van der Waals surface area contributed by atoms with E-state index in [1.54, 1.807) is 0 Å². The first-order valence-electron chi connectivity index (χ1n) is 20.7. The highest BCUT2D eigenvalue weighted by atomic mass is 19.1. The van der Waals surface area contributed by atoms with Crippen molar-refractivity contribution in [3.8, 4) is 0 Å². The Morgan fingerprint density at radius 3 is 1.20 bits per heavy atom. The maximum absolute atomic E-state index is 14.7. The van der Waals surface area contributed by atoms with Gasteiger partial charge in [0.05, 0.1) is 11.8 Å². The van der Waals surface area contributed by atoms with Crippen LogP contribution < -0.4 is 43.0 Å². The molecule has 10 N–H and O–H groups in total. The Hall–Kier alpha value is -5.44. The molecule has 2 atom stereocenters. The van der Waals surface area contributed by atoms with E-state index in [4.69, 9.17) is 10.2 Å². The smallest absolute Gasteiger partial charge is 0.404 e. The van der Waals surface area contributed by atoms with Gasteiger partial charge in [-0.1, -0.05) is 51.4 Å². The molecule has 4 aliphatic carbocycles. The molecular formula is C38H56F4N12O6. The van der Waals surface area contributed by atoms with Gasteiger partial charge in [0.15, 0.2) is 34.9 Å². The molecule has 2 aromatic rings. The molecule has 332 valence electrons. The van der Waals surface area contributed by atoms with Crippen molar-refractivity contribution in [3.63, 3.8) is 0 Å². The fourth-order valence-corrected chi connectivity index (χ4v) is 7.68. The van der Waals surface area contributed by atoms with Gasteiger partial charge in [0, 0.05) is 25.2 Å². The van der Waals surface area contributed by atoms with Crippen LogP contribution in [-0.4, -0.2) is 79.3 Å². The molecule has 60 heavy (non-hydrogen) atoms. The predicted octanol–water partition coefficient (Wildman–Crippen LogP) is 5.91. The molecule has 4 amide bonds. The van der Waals surface area contributed by atoms with E-state index in [1.165, 1.54) is 0 Å². The number of rotatable bonds is 20. The van der Waals surface area contributed by atoms with Crippen molar-refractivity contribution in [2.75, 3.05) is 34.6 Å². The van der Waals surface area contributed by atoms with Gasteiger partial charge in [0.25, 0.3) is 0 Å². The molecule has 6 rings (SSSR count). The number of hydrogen-bond acceptors (Lipinski definition) is 12. The summed E-state index contributed by atoms with van der Waals surface area (Å²) in [7, 11) is 0. The zero-order valence-electron chi connectivity index (χ0n) is 33.4. The molecule has 0 aliphatic heterocycles. The van der Waals surface area contributed by atoms with Crippen LogP contribution in [0.25, 0.3) is 0 Å². The Morgan fingerprint density at radius 2 is 0.900 bits per heavy atom. The number of amides is 4. The van der Waals surface area contributed by atoms with Crippen LogP contribution in [0, 0.1) is 35.3 Å². The fourth-order valence-electron chi connectivity index (χ4n) is 7.68. The van der Waals surface area contributed by atoms with Crippen molar-refractivity contribution >= 4 is 47.3 Å². The molecule has 0 saturated heterocycles. The highest BCUT2D eigenvalue weighted by Crippen LogP contribution is 2.32. The molecule has 2 heterocycles. The number of carbonyl (C=O) groups excluding carboxylic acids is 2. The maximum Gasteiger partial charge on any atom is 0.404 e. The quantitative estimate of drug-likeness (QED) is 0.0549. The second-order valence-corrected chi connectivity index (χ2v) is 15.9. The van der Waals surface area contributed by atoms with Crippen LogP contribution in [0.3, 0.4) is 0 Å². The molecule has 0 spiro atoms. The SMILES string of the molecule is O=C(O)NC[C@@H](CC1CCCC1)C(=O)NNc1nc(CF)nc(NC2CCC2)c1F.O=C(O)NC[C@@H](CC1CCCC1)C(=O)NNc1nc(CF)nc(NC2CCC2)c1F. The van der Waals surface area contributed by atoms with Crippen LogP contribution in [0.1, 0.15) is 114 Å². The molecule has 18 nitrogen and oxygen atoms in total. The topological polar surface area (TPSA) is 257 Å². The van der Waals surface area contributed by atoms with E-state index in [2.05, 4.69) is 62.9 Å². The summed E-state index contributed by atoms with van der Waals surface area (Å²) in [6, 6.07) is 0.171. The summed E-state index contributed by atoms with van der Waals surface area (Å²) < 4.78 is 55.7. The molecule has 0 bridgehead atoms. The lowest BCUT2D eigenvalue weighted by molar-refractivity contribution is -0.125. The fraction of sp³-hybridized carbons (Fsp3) is 0.684. The van der Waals surface area contributed by atoms with Gasteiger partial charge in [-0.25, -0.2) is 38.3 Å². The Kier molecular flexibility index (Phi) is 17.3. The molecule has 4 saturated carbocycles. The Balaban J connectivity index is 0.000000228. The largest absolute Gasteiger partial charge is 0.465 e. The van der Waals surface area contributed by atoms with Gasteiger partial charge in [-0.05, 0) is 63.2 Å².